The summed E-state index contributed by atoms with van der Waals surface area (Å²) in [7, 11) is 4.21. The van der Waals surface area contributed by atoms with Gasteiger partial charge in [-0.3, -0.25) is 0 Å². The molecule has 0 bridgehead atoms. The molecular weight excluding hydrogens is 960 g/mol. The molecule has 74 heavy (non-hydrogen) atoms. The first-order valence-electron chi connectivity index (χ1n) is 24.5. The Hall–Kier alpha value is -7.87. The number of benzene rings is 2. The molecule has 6 aliphatic rings. The van der Waals surface area contributed by atoms with Crippen molar-refractivity contribution < 1.29 is 14.0 Å². The minimum atomic E-state index is -1.06. The highest BCUT2D eigenvalue weighted by molar-refractivity contribution is 6.33. The Morgan fingerprint density at radius 1 is 0.676 bits per heavy atom. The number of halogens is 2. The first-order chi connectivity index (χ1) is 35.1. The van der Waals surface area contributed by atoms with E-state index in [1.54, 1.807) is 39.8 Å². The number of likely N-dealkylation sites (N-methyl/N-ethyl adjacent to an activating group) is 1. The van der Waals surface area contributed by atoms with Crippen LogP contribution in [0.5, 0.6) is 0 Å². The van der Waals surface area contributed by atoms with Crippen LogP contribution in [0.3, 0.4) is 0 Å². The van der Waals surface area contributed by atoms with Gasteiger partial charge in [-0.1, -0.05) is 110 Å². The van der Waals surface area contributed by atoms with Crippen molar-refractivity contribution in [3.63, 3.8) is 0 Å². The molecule has 4 heterocycles. The molecule has 0 amide bonds. The van der Waals surface area contributed by atoms with Crippen LogP contribution in [-0.2, 0) is 20.3 Å². The number of hydrogen-bond acceptors (Lipinski definition) is 8. The van der Waals surface area contributed by atoms with Crippen molar-refractivity contribution >= 4 is 46.2 Å². The molecule has 12 heteroatoms. The van der Waals surface area contributed by atoms with Crippen molar-refractivity contribution in [2.24, 2.45) is 11.8 Å². The molecule has 2 atom stereocenters. The summed E-state index contributed by atoms with van der Waals surface area (Å²) in [6.45, 7) is 16.1. The molecular formula is C62H56Cl2N8O2. The zero-order valence-corrected chi connectivity index (χ0v) is 44.9. The quantitative estimate of drug-likeness (QED) is 0.143. The first kappa shape index (κ1) is 52.5. The predicted molar refractivity (Wildman–Crippen MR) is 291 cm³/mol. The molecule has 0 aromatic heterocycles. The number of nitrogens with zero attached hydrogens (tertiary/aromatic N) is 8. The van der Waals surface area contributed by atoms with Crippen molar-refractivity contribution in [2.75, 3.05) is 19.0 Å². The SMILES string of the molecule is CN1/C(=C/C=C2\CC(C3CC(/C=C/C4=C(C#N)C(=C(C#N)C#N)OC4(C)C)=C(Cl)C(=C/C=C4/C(C#N)=C(C(=C=[N-])C#N)OC4(C)C)/C3)CC(/C=C/C3=[N+](C)c4ccccc4C3(C)C)=C2Cl)C(C)(C)c2ccccc21. The number of ether oxygens (including phenoxy) is 2. The van der Waals surface area contributed by atoms with E-state index in [-0.39, 0.29) is 56.5 Å². The topological polar surface area (TPSA) is 166 Å². The number of anilines is 1. The van der Waals surface area contributed by atoms with Crippen LogP contribution in [0.2, 0.25) is 0 Å². The smallest absolute Gasteiger partial charge is 0.209 e. The average Bonchev–Trinajstić information content (AvgIpc) is 3.94. The van der Waals surface area contributed by atoms with Gasteiger partial charge in [0.25, 0.3) is 0 Å². The summed E-state index contributed by atoms with van der Waals surface area (Å²) in [4.78, 5) is 2.26. The molecule has 0 N–H and O–H groups in total. The predicted octanol–water partition coefficient (Wildman–Crippen LogP) is 13.9. The van der Waals surface area contributed by atoms with Crippen LogP contribution in [0.1, 0.15) is 92.2 Å². The Balaban J connectivity index is 1.27. The molecule has 0 saturated carbocycles. The van der Waals surface area contributed by atoms with Crippen LogP contribution in [0, 0.1) is 68.5 Å². The van der Waals surface area contributed by atoms with Crippen LogP contribution in [-0.4, -0.2) is 41.5 Å². The van der Waals surface area contributed by atoms with E-state index >= 15 is 0 Å². The van der Waals surface area contributed by atoms with Gasteiger partial charge in [-0.15, -0.1) is 0 Å². The molecule has 0 spiro atoms. The summed E-state index contributed by atoms with van der Waals surface area (Å²) < 4.78 is 14.5. The van der Waals surface area contributed by atoms with E-state index in [4.69, 9.17) is 32.7 Å². The zero-order chi connectivity index (χ0) is 53.7. The third-order valence-corrected chi connectivity index (χ3v) is 16.5. The lowest BCUT2D eigenvalue weighted by atomic mass is 9.70. The fourth-order valence-corrected chi connectivity index (χ4v) is 12.1. The van der Waals surface area contributed by atoms with Crippen LogP contribution >= 0.6 is 23.2 Å². The van der Waals surface area contributed by atoms with Crippen molar-refractivity contribution in [3.05, 3.63) is 197 Å². The van der Waals surface area contributed by atoms with Crippen LogP contribution in [0.25, 0.3) is 5.41 Å². The molecule has 2 aromatic carbocycles. The lowest BCUT2D eigenvalue weighted by Gasteiger charge is -2.36. The first-order valence-corrected chi connectivity index (χ1v) is 25.3. The molecule has 2 aromatic rings. The maximum atomic E-state index is 10.4. The van der Waals surface area contributed by atoms with Crippen LogP contribution < -0.4 is 4.90 Å². The van der Waals surface area contributed by atoms with E-state index in [9.17, 15) is 31.7 Å². The van der Waals surface area contributed by atoms with Gasteiger partial charge < -0.3 is 19.8 Å². The third kappa shape index (κ3) is 9.04. The Kier molecular flexibility index (Phi) is 14.1. The Morgan fingerprint density at radius 2 is 1.24 bits per heavy atom. The molecule has 0 radical (unpaired) electrons. The van der Waals surface area contributed by atoms with Gasteiger partial charge >= 0.3 is 0 Å². The van der Waals surface area contributed by atoms with Gasteiger partial charge in [-0.05, 0) is 119 Å². The van der Waals surface area contributed by atoms with E-state index in [2.05, 4.69) is 136 Å². The molecule has 4 aliphatic heterocycles. The number of nitriles is 5. The van der Waals surface area contributed by atoms with E-state index in [1.807, 2.05) is 36.2 Å². The van der Waals surface area contributed by atoms with Crippen molar-refractivity contribution in [1.82, 2.24) is 0 Å². The van der Waals surface area contributed by atoms with Gasteiger partial charge in [0.2, 0.25) is 5.69 Å². The van der Waals surface area contributed by atoms with Gasteiger partial charge in [0, 0.05) is 62.8 Å². The molecule has 10 nitrogen and oxygen atoms in total. The summed E-state index contributed by atoms with van der Waals surface area (Å²) in [5.41, 5.74) is 8.69. The van der Waals surface area contributed by atoms with Crippen molar-refractivity contribution in [1.29, 1.82) is 26.3 Å². The summed E-state index contributed by atoms with van der Waals surface area (Å²) in [5.74, 6) is 1.79. The minimum Gasteiger partial charge on any atom is -0.762 e. The average molecular weight is 1020 g/mol. The largest absolute Gasteiger partial charge is 0.762 e. The minimum absolute atomic E-state index is 0.00800. The fraction of sp³-hybridized carbons (Fsp3) is 0.323. The third-order valence-electron chi connectivity index (χ3n) is 15.5. The van der Waals surface area contributed by atoms with Crippen LogP contribution in [0.4, 0.5) is 11.4 Å². The number of rotatable bonds is 8. The normalized spacial score (nSPS) is 24.5. The standard InChI is InChI=1S/C62H56Cl2N8O2/c1-59(2)49-15-11-13-17-51(49)71(9)53(59)25-21-39-29-42(30-40(56(39)64)22-26-54-60(3,4)50-16-12-14-18-52(50)72(54)10)41-27-37(19-23-47-45(35-69)57(43(31-65)32-66)73-61(47,5)6)55(63)38(28-41)20-24-48-46(36-70)58(44(33-67)34-68)74-62(48,7)8/h11-26,41-42H,27-30H2,1-10H3/b23-19+,38-20+,48-24-. The Morgan fingerprint density at radius 3 is 1.80 bits per heavy atom. The maximum absolute atomic E-state index is 10.4. The number of para-hydroxylation sites is 2. The number of hydrogen-bond donors (Lipinski definition) is 0. The summed E-state index contributed by atoms with van der Waals surface area (Å²) in [6, 6.07) is 26.9. The fourth-order valence-electron chi connectivity index (χ4n) is 11.6. The second kappa shape index (κ2) is 19.9. The summed E-state index contributed by atoms with van der Waals surface area (Å²) in [6.07, 6.45) is 18.6. The lowest BCUT2D eigenvalue weighted by molar-refractivity contribution is -0.401. The second-order valence-corrected chi connectivity index (χ2v) is 22.2. The van der Waals surface area contributed by atoms with Gasteiger partial charge in [0.1, 0.15) is 65.3 Å². The highest BCUT2D eigenvalue weighted by atomic mass is 35.5. The zero-order valence-electron chi connectivity index (χ0n) is 43.4. The van der Waals surface area contributed by atoms with E-state index in [1.165, 1.54) is 22.5 Å². The number of allylic oxidation sites excluding steroid dienone is 17. The van der Waals surface area contributed by atoms with Crippen LogP contribution in [0.15, 0.2) is 180 Å². The molecule has 2 aliphatic carbocycles. The van der Waals surface area contributed by atoms with Gasteiger partial charge in [-0.2, -0.15) is 30.9 Å². The van der Waals surface area contributed by atoms with E-state index in [0.717, 1.165) is 33.7 Å². The van der Waals surface area contributed by atoms with E-state index in [0.29, 0.717) is 46.9 Å². The lowest BCUT2D eigenvalue weighted by Crippen LogP contribution is -2.27. The Labute approximate surface area is 445 Å². The van der Waals surface area contributed by atoms with Gasteiger partial charge in [0.15, 0.2) is 22.8 Å². The highest BCUT2D eigenvalue weighted by Gasteiger charge is 2.44. The maximum Gasteiger partial charge on any atom is 0.209 e. The van der Waals surface area contributed by atoms with Gasteiger partial charge in [-0.25, -0.2) is 5.87 Å². The van der Waals surface area contributed by atoms with Gasteiger partial charge in [0.05, 0.1) is 5.41 Å². The molecule has 0 saturated heterocycles. The Bertz CT molecular complexity index is 3500. The second-order valence-electron chi connectivity index (χ2n) is 21.5. The molecule has 0 fully saturated rings. The van der Waals surface area contributed by atoms with Crippen molar-refractivity contribution in [3.8, 4) is 30.3 Å². The highest BCUT2D eigenvalue weighted by Crippen LogP contribution is 2.51. The van der Waals surface area contributed by atoms with E-state index < -0.39 is 11.2 Å². The molecule has 370 valence electrons. The summed E-state index contributed by atoms with van der Waals surface area (Å²) >= 11 is 15.1. The van der Waals surface area contributed by atoms with Crippen molar-refractivity contribution in [2.45, 2.75) is 103 Å². The molecule has 2 unspecified atom stereocenters. The number of fused-ring (bicyclic) bond motifs is 2. The molecule has 8 rings (SSSR count). The summed E-state index contributed by atoms with van der Waals surface area (Å²) in [5, 5.41) is 61.0. The monoisotopic (exact) mass is 1010 g/mol.